The molecule has 0 saturated heterocycles. The largest absolute Gasteiger partial charge is 0.481 e. The van der Waals surface area contributed by atoms with Gasteiger partial charge < -0.3 is 5.11 Å². The number of rotatable bonds is 2. The number of carboxylic acid groups (broad SMARTS) is 1. The summed E-state index contributed by atoms with van der Waals surface area (Å²) in [6, 6.07) is 0. The van der Waals surface area contributed by atoms with Crippen LogP contribution in [-0.2, 0) is 4.79 Å². The van der Waals surface area contributed by atoms with Gasteiger partial charge in [0.1, 0.15) is 0 Å². The molecule has 4 heteroatoms. The van der Waals surface area contributed by atoms with E-state index in [4.69, 9.17) is 5.11 Å². The molecular formula is C6H8F2O2. The molecule has 0 radical (unpaired) electrons. The molecule has 0 aromatic heterocycles. The van der Waals surface area contributed by atoms with Crippen molar-refractivity contribution < 1.29 is 18.7 Å². The van der Waals surface area contributed by atoms with Crippen LogP contribution in [0.15, 0.2) is 0 Å². The van der Waals surface area contributed by atoms with Crippen molar-refractivity contribution in [1.82, 2.24) is 0 Å². The van der Waals surface area contributed by atoms with Gasteiger partial charge in [0.25, 0.3) is 5.92 Å². The van der Waals surface area contributed by atoms with Gasteiger partial charge in [0.2, 0.25) is 0 Å². The highest BCUT2D eigenvalue weighted by Crippen LogP contribution is 2.62. The molecule has 1 aliphatic rings. The van der Waals surface area contributed by atoms with Gasteiger partial charge in [-0.15, -0.1) is 0 Å². The van der Waals surface area contributed by atoms with Crippen molar-refractivity contribution in [3.05, 3.63) is 0 Å². The molecule has 0 spiro atoms. The van der Waals surface area contributed by atoms with Crippen LogP contribution in [0.5, 0.6) is 0 Å². The summed E-state index contributed by atoms with van der Waals surface area (Å²) < 4.78 is 24.6. The molecule has 0 amide bonds. The number of hydrogen-bond donors (Lipinski definition) is 1. The van der Waals surface area contributed by atoms with E-state index in [1.807, 2.05) is 0 Å². The third-order valence-electron chi connectivity index (χ3n) is 1.91. The molecule has 1 N–H and O–H groups in total. The quantitative estimate of drug-likeness (QED) is 0.647. The fourth-order valence-electron chi connectivity index (χ4n) is 0.971. The normalized spacial score (nSPS) is 35.5. The van der Waals surface area contributed by atoms with E-state index in [0.717, 1.165) is 0 Å². The molecule has 0 bridgehead atoms. The second-order valence-corrected chi connectivity index (χ2v) is 3.01. The number of alkyl halides is 2. The Labute approximate surface area is 56.8 Å². The Kier molecular flexibility index (Phi) is 1.25. The van der Waals surface area contributed by atoms with Gasteiger partial charge in [-0.2, -0.15) is 0 Å². The predicted octanol–water partition coefficient (Wildman–Crippen LogP) is 1.51. The van der Waals surface area contributed by atoms with E-state index < -0.39 is 23.7 Å². The first-order valence-electron chi connectivity index (χ1n) is 2.97. The van der Waals surface area contributed by atoms with Gasteiger partial charge in [-0.25, -0.2) is 8.78 Å². The highest BCUT2D eigenvalue weighted by Gasteiger charge is 2.68. The molecule has 1 atom stereocenters. The summed E-state index contributed by atoms with van der Waals surface area (Å²) in [6.45, 7) is 1.29. The molecule has 1 saturated carbocycles. The van der Waals surface area contributed by atoms with Crippen molar-refractivity contribution in [2.24, 2.45) is 5.41 Å². The first-order valence-corrected chi connectivity index (χ1v) is 2.97. The lowest BCUT2D eigenvalue weighted by Crippen LogP contribution is -2.11. The van der Waals surface area contributed by atoms with Crippen molar-refractivity contribution >= 4 is 5.97 Å². The van der Waals surface area contributed by atoms with Crippen molar-refractivity contribution in [3.63, 3.8) is 0 Å². The summed E-state index contributed by atoms with van der Waals surface area (Å²) in [7, 11) is 0. The number of aliphatic carboxylic acids is 1. The topological polar surface area (TPSA) is 37.3 Å². The van der Waals surface area contributed by atoms with E-state index in [-0.39, 0.29) is 6.42 Å². The monoisotopic (exact) mass is 150 g/mol. The minimum absolute atomic E-state index is 0.285. The van der Waals surface area contributed by atoms with Crippen LogP contribution < -0.4 is 0 Å². The van der Waals surface area contributed by atoms with Crippen LogP contribution >= 0.6 is 0 Å². The average Bonchev–Trinajstić information content (AvgIpc) is 2.01. The van der Waals surface area contributed by atoms with Gasteiger partial charge in [-0.05, 0) is 0 Å². The summed E-state index contributed by atoms with van der Waals surface area (Å²) >= 11 is 0. The van der Waals surface area contributed by atoms with E-state index in [1.54, 1.807) is 0 Å². The Balaban J connectivity index is 2.52. The molecule has 0 heterocycles. The standard InChI is InChI=1S/C6H8F2O2/c1-5(2-4(9)10)3-6(5,7)8/h2-3H2,1H3,(H,9,10). The van der Waals surface area contributed by atoms with Gasteiger partial charge in [0, 0.05) is 11.8 Å². The van der Waals surface area contributed by atoms with Crippen LogP contribution in [-0.4, -0.2) is 17.0 Å². The van der Waals surface area contributed by atoms with Crippen molar-refractivity contribution in [3.8, 4) is 0 Å². The Morgan fingerprint density at radius 1 is 1.70 bits per heavy atom. The Morgan fingerprint density at radius 3 is 2.20 bits per heavy atom. The predicted molar refractivity (Wildman–Crippen MR) is 29.9 cm³/mol. The zero-order valence-corrected chi connectivity index (χ0v) is 5.53. The molecule has 0 aliphatic heterocycles. The molecule has 10 heavy (non-hydrogen) atoms. The minimum Gasteiger partial charge on any atom is -0.481 e. The second-order valence-electron chi connectivity index (χ2n) is 3.01. The van der Waals surface area contributed by atoms with Crippen LogP contribution in [0.4, 0.5) is 8.78 Å². The van der Waals surface area contributed by atoms with Crippen molar-refractivity contribution in [2.45, 2.75) is 25.7 Å². The Bertz CT molecular complexity index is 179. The van der Waals surface area contributed by atoms with E-state index in [9.17, 15) is 13.6 Å². The molecule has 1 unspecified atom stereocenters. The van der Waals surface area contributed by atoms with Crippen LogP contribution in [0, 0.1) is 5.41 Å². The van der Waals surface area contributed by atoms with Gasteiger partial charge >= 0.3 is 5.97 Å². The van der Waals surface area contributed by atoms with Gasteiger partial charge in [0.15, 0.2) is 0 Å². The fourth-order valence-corrected chi connectivity index (χ4v) is 0.971. The van der Waals surface area contributed by atoms with Crippen molar-refractivity contribution in [2.75, 3.05) is 0 Å². The Morgan fingerprint density at radius 2 is 2.10 bits per heavy atom. The van der Waals surface area contributed by atoms with E-state index >= 15 is 0 Å². The van der Waals surface area contributed by atoms with Crippen LogP contribution in [0.1, 0.15) is 19.8 Å². The van der Waals surface area contributed by atoms with E-state index in [0.29, 0.717) is 0 Å². The molecule has 1 aliphatic carbocycles. The summed E-state index contributed by atoms with van der Waals surface area (Å²) in [5, 5.41) is 8.19. The van der Waals surface area contributed by atoms with Gasteiger partial charge in [0.05, 0.1) is 6.42 Å². The first-order chi connectivity index (χ1) is 4.37. The van der Waals surface area contributed by atoms with Crippen LogP contribution in [0.25, 0.3) is 0 Å². The summed E-state index contributed by atoms with van der Waals surface area (Å²) in [6.07, 6.45) is -0.716. The molecule has 1 rings (SSSR count). The highest BCUT2D eigenvalue weighted by molar-refractivity contribution is 5.68. The van der Waals surface area contributed by atoms with Gasteiger partial charge in [-0.1, -0.05) is 6.92 Å². The third kappa shape index (κ3) is 0.978. The van der Waals surface area contributed by atoms with E-state index in [1.165, 1.54) is 6.92 Å². The van der Waals surface area contributed by atoms with Crippen LogP contribution in [0.2, 0.25) is 0 Å². The number of hydrogen-bond acceptors (Lipinski definition) is 1. The maximum absolute atomic E-state index is 12.3. The lowest BCUT2D eigenvalue weighted by Gasteiger charge is -2.03. The minimum atomic E-state index is -2.74. The SMILES string of the molecule is CC1(CC(=O)O)CC1(F)F. The second kappa shape index (κ2) is 1.68. The molecule has 2 nitrogen and oxygen atoms in total. The average molecular weight is 150 g/mol. The molecular weight excluding hydrogens is 142 g/mol. The summed E-state index contributed by atoms with van der Waals surface area (Å²) in [4.78, 5) is 10.0. The first kappa shape index (κ1) is 7.44. The zero-order chi connectivity index (χ0) is 7.99. The third-order valence-corrected chi connectivity index (χ3v) is 1.91. The summed E-state index contributed by atoms with van der Waals surface area (Å²) in [5.74, 6) is -3.90. The molecule has 0 aromatic carbocycles. The number of carboxylic acids is 1. The highest BCUT2D eigenvalue weighted by atomic mass is 19.3. The maximum Gasteiger partial charge on any atom is 0.304 e. The van der Waals surface area contributed by atoms with Crippen molar-refractivity contribution in [1.29, 1.82) is 0 Å². The molecule has 58 valence electrons. The summed E-state index contributed by atoms with van der Waals surface area (Å²) in [5.41, 5.74) is -1.27. The molecule has 1 fully saturated rings. The lowest BCUT2D eigenvalue weighted by molar-refractivity contribution is -0.139. The zero-order valence-electron chi connectivity index (χ0n) is 5.53. The number of halogens is 2. The Hall–Kier alpha value is -0.670. The van der Waals surface area contributed by atoms with Crippen LogP contribution in [0.3, 0.4) is 0 Å². The number of carbonyl (C=O) groups is 1. The fraction of sp³-hybridized carbons (Fsp3) is 0.833. The van der Waals surface area contributed by atoms with Gasteiger partial charge in [-0.3, -0.25) is 4.79 Å². The smallest absolute Gasteiger partial charge is 0.304 e. The maximum atomic E-state index is 12.3. The lowest BCUT2D eigenvalue weighted by atomic mass is 10.1. The van der Waals surface area contributed by atoms with E-state index in [2.05, 4.69) is 0 Å². The molecule has 0 aromatic rings.